The molecule has 18 aromatic carbocycles. The lowest BCUT2D eigenvalue weighted by Crippen LogP contribution is -2.01. The van der Waals surface area contributed by atoms with E-state index in [1.54, 1.807) is 0 Å². The molecular formula is C106H68N8. The third kappa shape index (κ3) is 12.4. The largest absolute Gasteiger partial charge is 0.309 e. The Hall–Kier alpha value is -15.4. The predicted molar refractivity (Wildman–Crippen MR) is 473 cm³/mol. The van der Waals surface area contributed by atoms with Crippen molar-refractivity contribution in [3.63, 3.8) is 0 Å². The fourth-order valence-corrected chi connectivity index (χ4v) is 16.4. The van der Waals surface area contributed by atoms with Crippen molar-refractivity contribution in [2.75, 3.05) is 0 Å². The molecule has 0 amide bonds. The summed E-state index contributed by atoms with van der Waals surface area (Å²) < 4.78 is 4.74. The van der Waals surface area contributed by atoms with E-state index in [1.165, 1.54) is 109 Å². The number of fused-ring (bicyclic) bond motifs is 12. The zero-order chi connectivity index (χ0) is 75.4. The Morgan fingerprint density at radius 1 is 0.140 bits per heavy atom. The Morgan fingerprint density at radius 2 is 0.412 bits per heavy atom. The molecule has 532 valence electrons. The molecule has 0 aliphatic rings. The quantitative estimate of drug-likeness (QED) is 0.121. The lowest BCUT2D eigenvalue weighted by Gasteiger charge is -2.12. The van der Waals surface area contributed by atoms with Gasteiger partial charge in [-0.2, -0.15) is 0 Å². The van der Waals surface area contributed by atoms with Crippen molar-refractivity contribution < 1.29 is 0 Å². The van der Waals surface area contributed by atoms with Crippen molar-refractivity contribution in [2.24, 2.45) is 0 Å². The van der Waals surface area contributed by atoms with Crippen LogP contribution in [-0.4, -0.2) is 39.0 Å². The Balaban J connectivity index is 0.000000143. The first-order valence-corrected chi connectivity index (χ1v) is 38.5. The van der Waals surface area contributed by atoms with Crippen LogP contribution in [0.3, 0.4) is 0 Å². The van der Waals surface area contributed by atoms with Crippen molar-refractivity contribution in [1.82, 2.24) is 39.0 Å². The van der Waals surface area contributed by atoms with Crippen LogP contribution in [0.15, 0.2) is 413 Å². The van der Waals surface area contributed by atoms with Crippen LogP contribution >= 0.6 is 0 Å². The maximum Gasteiger partial charge on any atom is 0.164 e. The summed E-state index contributed by atoms with van der Waals surface area (Å²) in [7, 11) is 0. The van der Waals surface area contributed by atoms with Crippen molar-refractivity contribution in [3.8, 4) is 124 Å². The van der Waals surface area contributed by atoms with Gasteiger partial charge in [0.05, 0.1) is 22.1 Å². The Bertz CT molecular complexity index is 7330. The number of rotatable bonds is 12. The Labute approximate surface area is 658 Å². The monoisotopic (exact) mass is 1450 g/mol. The summed E-state index contributed by atoms with van der Waals surface area (Å²) in [6, 6.07) is 146. The molecule has 8 nitrogen and oxygen atoms in total. The average Bonchev–Trinajstić information content (AvgIpc) is 1.57. The van der Waals surface area contributed by atoms with E-state index in [1.807, 2.05) is 121 Å². The lowest BCUT2D eigenvalue weighted by atomic mass is 9.95. The molecule has 0 aliphatic carbocycles. The van der Waals surface area contributed by atoms with E-state index in [0.29, 0.717) is 34.9 Å². The molecule has 0 aliphatic heterocycles. The summed E-state index contributed by atoms with van der Waals surface area (Å²) in [5.41, 5.74) is 22.1. The first-order chi connectivity index (χ1) is 56.5. The van der Waals surface area contributed by atoms with Gasteiger partial charge in [0.25, 0.3) is 0 Å². The number of hydrogen-bond donors (Lipinski definition) is 0. The molecule has 0 saturated heterocycles. The van der Waals surface area contributed by atoms with E-state index in [2.05, 4.69) is 300 Å². The van der Waals surface area contributed by atoms with Gasteiger partial charge in [-0.3, -0.25) is 0 Å². The van der Waals surface area contributed by atoms with Crippen LogP contribution in [0.1, 0.15) is 0 Å². The molecule has 0 bridgehead atoms. The third-order valence-electron chi connectivity index (χ3n) is 22.0. The van der Waals surface area contributed by atoms with Crippen LogP contribution in [0.5, 0.6) is 0 Å². The van der Waals surface area contributed by atoms with Gasteiger partial charge in [0.1, 0.15) is 0 Å². The standard InChI is InChI=1S/2C53H34N4/c1-4-13-35(14-5-1)38-23-24-40-32-41(26-25-39(40)31-38)42-27-29-46-43(33-42)28-30-49-50(46)47-21-10-11-22-48(47)57(49)45-20-12-19-44(34-45)53-55-51(36-15-6-2-7-16-36)54-52(56-53)37-17-8-3-9-18-37;1-4-13-35(14-5-1)39-25-26-41-32-42(28-27-40(41)31-39)43-24-23-36-29-30-49-50(47(36)34-43)46-21-10-11-22-48(46)57(49)45-20-12-19-44(33-45)53-55-51(37-15-6-2-7-16-37)54-52(56-53)38-17-8-3-9-18-38/h2*1-34H. The van der Waals surface area contributed by atoms with Crippen LogP contribution in [0.2, 0.25) is 0 Å². The lowest BCUT2D eigenvalue weighted by molar-refractivity contribution is 1.07. The number of nitrogens with zero attached hydrogens (tertiary/aromatic N) is 8. The van der Waals surface area contributed by atoms with Crippen molar-refractivity contribution in [1.29, 1.82) is 0 Å². The minimum atomic E-state index is 0.632. The van der Waals surface area contributed by atoms with E-state index < -0.39 is 0 Å². The summed E-state index contributed by atoms with van der Waals surface area (Å²) in [4.78, 5) is 29.9. The van der Waals surface area contributed by atoms with E-state index in [4.69, 9.17) is 29.9 Å². The summed E-state index contributed by atoms with van der Waals surface area (Å²) in [6.45, 7) is 0. The second kappa shape index (κ2) is 28.6. The number of para-hydroxylation sites is 2. The zero-order valence-corrected chi connectivity index (χ0v) is 61.8. The van der Waals surface area contributed by atoms with Gasteiger partial charge in [-0.05, 0) is 173 Å². The van der Waals surface area contributed by atoms with Crippen LogP contribution in [0.4, 0.5) is 0 Å². The SMILES string of the molecule is c1ccc(-c2ccc3cc(-c4ccc5c(ccc6c5c5ccccc5n6-c5cccc(-c6nc(-c7ccccc7)nc(-c7ccccc7)n6)c5)c4)ccc3c2)cc1.c1ccc(-c2ccc3cc(-c4ccc5ccc6c(c5c4)c4ccccc4n6-c4cccc(-c5nc(-c6ccccc6)nc(-c6ccccc6)n5)c4)ccc3c2)cc1. The smallest absolute Gasteiger partial charge is 0.164 e. The number of benzene rings is 18. The minimum absolute atomic E-state index is 0.632. The normalized spacial score (nSPS) is 11.5. The van der Waals surface area contributed by atoms with Crippen molar-refractivity contribution >= 4 is 86.7 Å². The highest BCUT2D eigenvalue weighted by Gasteiger charge is 2.22. The highest BCUT2D eigenvalue weighted by atomic mass is 15.1. The van der Waals surface area contributed by atoms with Crippen LogP contribution < -0.4 is 0 Å². The predicted octanol–water partition coefficient (Wildman–Crippen LogP) is 27.2. The number of hydrogen-bond acceptors (Lipinski definition) is 6. The van der Waals surface area contributed by atoms with Gasteiger partial charge < -0.3 is 9.13 Å². The molecule has 0 radical (unpaired) electrons. The van der Waals surface area contributed by atoms with Gasteiger partial charge in [-0.15, -0.1) is 0 Å². The molecule has 0 unspecified atom stereocenters. The zero-order valence-electron chi connectivity index (χ0n) is 61.8. The molecule has 0 fully saturated rings. The molecule has 22 rings (SSSR count). The summed E-state index contributed by atoms with van der Waals surface area (Å²) >= 11 is 0. The molecule has 0 atom stereocenters. The molecule has 22 aromatic rings. The highest BCUT2D eigenvalue weighted by Crippen LogP contribution is 2.43. The van der Waals surface area contributed by atoms with Gasteiger partial charge in [-0.25, -0.2) is 29.9 Å². The first kappa shape index (κ1) is 66.8. The Kier molecular flexibility index (Phi) is 16.7. The molecule has 114 heavy (non-hydrogen) atoms. The van der Waals surface area contributed by atoms with Crippen LogP contribution in [-0.2, 0) is 0 Å². The molecule has 4 heterocycles. The van der Waals surface area contributed by atoms with Gasteiger partial charge >= 0.3 is 0 Å². The minimum Gasteiger partial charge on any atom is -0.309 e. The van der Waals surface area contributed by atoms with Gasteiger partial charge in [0.2, 0.25) is 0 Å². The summed E-state index contributed by atoms with van der Waals surface area (Å²) in [5.74, 6) is 3.85. The topological polar surface area (TPSA) is 87.2 Å². The van der Waals surface area contributed by atoms with Gasteiger partial charge in [-0.1, -0.05) is 328 Å². The van der Waals surface area contributed by atoms with E-state index >= 15 is 0 Å². The maximum absolute atomic E-state index is 5.03. The molecule has 0 spiro atoms. The third-order valence-corrected chi connectivity index (χ3v) is 22.0. The van der Waals surface area contributed by atoms with Crippen molar-refractivity contribution in [3.05, 3.63) is 413 Å². The molecule has 0 saturated carbocycles. The molecule has 4 aromatic heterocycles. The molecule has 0 N–H and O–H groups in total. The van der Waals surface area contributed by atoms with Crippen molar-refractivity contribution in [2.45, 2.75) is 0 Å². The second-order valence-electron chi connectivity index (χ2n) is 29.0. The van der Waals surface area contributed by atoms with E-state index in [9.17, 15) is 0 Å². The van der Waals surface area contributed by atoms with E-state index in [-0.39, 0.29) is 0 Å². The van der Waals surface area contributed by atoms with Crippen LogP contribution in [0, 0.1) is 0 Å². The molecule has 8 heteroatoms. The summed E-state index contributed by atoms with van der Waals surface area (Å²) in [6.07, 6.45) is 0. The van der Waals surface area contributed by atoms with Crippen LogP contribution in [0.25, 0.3) is 211 Å². The number of aromatic nitrogens is 8. The average molecular weight is 1450 g/mol. The first-order valence-electron chi connectivity index (χ1n) is 38.5. The second-order valence-corrected chi connectivity index (χ2v) is 29.0. The van der Waals surface area contributed by atoms with E-state index in [0.717, 1.165) is 66.8 Å². The highest BCUT2D eigenvalue weighted by molar-refractivity contribution is 6.23. The van der Waals surface area contributed by atoms with Gasteiger partial charge in [0, 0.05) is 66.3 Å². The Morgan fingerprint density at radius 3 is 0.798 bits per heavy atom. The summed E-state index contributed by atoms with van der Waals surface area (Å²) in [5, 5.41) is 14.7. The fourth-order valence-electron chi connectivity index (χ4n) is 16.4. The van der Waals surface area contributed by atoms with Gasteiger partial charge in [0.15, 0.2) is 34.9 Å². The maximum atomic E-state index is 5.03. The fraction of sp³-hybridized carbons (Fsp3) is 0. The molecular weight excluding hydrogens is 1390 g/mol.